The monoisotopic (exact) mass is 259 g/mol. The van der Waals surface area contributed by atoms with Gasteiger partial charge in [0.05, 0.1) is 11.9 Å². The molecular weight excluding hydrogens is 250 g/mol. The summed E-state index contributed by atoms with van der Waals surface area (Å²) < 4.78 is 5.48. The Kier molecular flexibility index (Phi) is 3.66. The van der Waals surface area contributed by atoms with Crippen molar-refractivity contribution in [2.75, 3.05) is 5.73 Å². The van der Waals surface area contributed by atoms with Gasteiger partial charge in [-0.25, -0.2) is 4.98 Å². The van der Waals surface area contributed by atoms with Crippen molar-refractivity contribution < 1.29 is 4.74 Å². The molecule has 5 heteroatoms. The van der Waals surface area contributed by atoms with Crippen molar-refractivity contribution in [1.82, 2.24) is 4.98 Å². The number of nitrogen functional groups attached to an aromatic ring is 1. The molecule has 0 aliphatic rings. The van der Waals surface area contributed by atoms with Crippen LogP contribution in [0.4, 0.5) is 5.69 Å². The van der Waals surface area contributed by atoms with Gasteiger partial charge in [0, 0.05) is 5.02 Å². The molecule has 0 spiro atoms. The van der Waals surface area contributed by atoms with Crippen LogP contribution in [0, 0.1) is 11.3 Å². The lowest BCUT2D eigenvalue weighted by Gasteiger charge is -2.07. The first-order valence-electron chi connectivity index (χ1n) is 5.22. The van der Waals surface area contributed by atoms with Crippen molar-refractivity contribution in [3.05, 3.63) is 52.7 Å². The first-order valence-corrected chi connectivity index (χ1v) is 5.59. The van der Waals surface area contributed by atoms with Gasteiger partial charge in [-0.3, -0.25) is 0 Å². The highest BCUT2D eigenvalue weighted by atomic mass is 35.5. The number of pyridine rings is 1. The van der Waals surface area contributed by atoms with E-state index in [2.05, 4.69) is 4.98 Å². The maximum Gasteiger partial charge on any atom is 0.232 e. The summed E-state index contributed by atoms with van der Waals surface area (Å²) in [6, 6.07) is 10.8. The molecule has 0 saturated heterocycles. The quantitative estimate of drug-likeness (QED) is 0.920. The first-order chi connectivity index (χ1) is 8.69. The molecule has 0 atom stereocenters. The van der Waals surface area contributed by atoms with E-state index in [4.69, 9.17) is 27.3 Å². The minimum absolute atomic E-state index is 0.270. The number of hydrogen-bond acceptors (Lipinski definition) is 4. The lowest BCUT2D eigenvalue weighted by molar-refractivity contribution is 0.293. The van der Waals surface area contributed by atoms with Gasteiger partial charge in [0.1, 0.15) is 18.2 Å². The zero-order chi connectivity index (χ0) is 13.0. The summed E-state index contributed by atoms with van der Waals surface area (Å²) in [4.78, 5) is 3.98. The maximum absolute atomic E-state index is 8.94. The highest BCUT2D eigenvalue weighted by molar-refractivity contribution is 6.30. The number of benzene rings is 1. The van der Waals surface area contributed by atoms with Crippen molar-refractivity contribution in [3.63, 3.8) is 0 Å². The second kappa shape index (κ2) is 5.39. The molecule has 90 valence electrons. The van der Waals surface area contributed by atoms with Crippen molar-refractivity contribution in [2.24, 2.45) is 0 Å². The molecule has 0 unspecified atom stereocenters. The van der Waals surface area contributed by atoms with E-state index in [0.29, 0.717) is 22.9 Å². The average molecular weight is 260 g/mol. The Morgan fingerprint density at radius 2 is 2.22 bits per heavy atom. The molecular formula is C13H10ClN3O. The molecule has 4 nitrogen and oxygen atoms in total. The molecule has 0 aliphatic carbocycles. The van der Waals surface area contributed by atoms with E-state index >= 15 is 0 Å². The Balaban J connectivity index is 2.14. The molecule has 0 bridgehead atoms. The van der Waals surface area contributed by atoms with Crippen LogP contribution in [0.25, 0.3) is 0 Å². The standard InChI is InChI=1S/C13H10ClN3O/c14-11-3-1-2-9(4-11)8-18-13-10(6-15)5-12(16)7-17-13/h1-5,7H,8,16H2. The van der Waals surface area contributed by atoms with Crippen molar-refractivity contribution >= 4 is 17.3 Å². The second-order valence-electron chi connectivity index (χ2n) is 3.65. The summed E-state index contributed by atoms with van der Waals surface area (Å²) >= 11 is 5.87. The Labute approximate surface area is 110 Å². The molecule has 0 saturated carbocycles. The highest BCUT2D eigenvalue weighted by Gasteiger charge is 2.06. The molecule has 18 heavy (non-hydrogen) atoms. The zero-order valence-electron chi connectivity index (χ0n) is 9.43. The van der Waals surface area contributed by atoms with Gasteiger partial charge in [-0.2, -0.15) is 5.26 Å². The fraction of sp³-hybridized carbons (Fsp3) is 0.0769. The lowest BCUT2D eigenvalue weighted by Crippen LogP contribution is -2.00. The average Bonchev–Trinajstić information content (AvgIpc) is 2.37. The molecule has 0 radical (unpaired) electrons. The fourth-order valence-electron chi connectivity index (χ4n) is 1.44. The van der Waals surface area contributed by atoms with Crippen molar-refractivity contribution in [3.8, 4) is 11.9 Å². The van der Waals surface area contributed by atoms with Crippen LogP contribution in [-0.4, -0.2) is 4.98 Å². The maximum atomic E-state index is 8.94. The van der Waals surface area contributed by atoms with E-state index in [1.807, 2.05) is 18.2 Å². The van der Waals surface area contributed by atoms with Gasteiger partial charge in [-0.1, -0.05) is 23.7 Å². The van der Waals surface area contributed by atoms with E-state index in [0.717, 1.165) is 5.56 Å². The second-order valence-corrected chi connectivity index (χ2v) is 4.09. The van der Waals surface area contributed by atoms with Gasteiger partial charge in [0.2, 0.25) is 5.88 Å². The van der Waals surface area contributed by atoms with Crippen LogP contribution in [0.2, 0.25) is 5.02 Å². The van der Waals surface area contributed by atoms with Gasteiger partial charge in [-0.05, 0) is 23.8 Å². The predicted octanol–water partition coefficient (Wildman–Crippen LogP) is 2.77. The summed E-state index contributed by atoms with van der Waals surface area (Å²) in [6.07, 6.45) is 1.45. The van der Waals surface area contributed by atoms with E-state index in [1.54, 1.807) is 12.1 Å². The normalized spacial score (nSPS) is 9.78. The number of anilines is 1. The summed E-state index contributed by atoms with van der Waals surface area (Å²) in [5, 5.41) is 9.58. The Morgan fingerprint density at radius 3 is 2.94 bits per heavy atom. The Hall–Kier alpha value is -2.25. The van der Waals surface area contributed by atoms with Crippen LogP contribution in [0.1, 0.15) is 11.1 Å². The number of nitrogens with two attached hydrogens (primary N) is 1. The number of nitriles is 1. The topological polar surface area (TPSA) is 71.9 Å². The summed E-state index contributed by atoms with van der Waals surface area (Å²) in [5.41, 5.74) is 7.20. The van der Waals surface area contributed by atoms with Gasteiger partial charge in [0.25, 0.3) is 0 Å². The number of hydrogen-bond donors (Lipinski definition) is 1. The highest BCUT2D eigenvalue weighted by Crippen LogP contribution is 2.19. The molecule has 0 amide bonds. The molecule has 0 fully saturated rings. The number of ether oxygens (including phenoxy) is 1. The van der Waals surface area contributed by atoms with E-state index in [-0.39, 0.29) is 5.88 Å². The largest absolute Gasteiger partial charge is 0.472 e. The lowest BCUT2D eigenvalue weighted by atomic mass is 10.2. The number of nitrogens with zero attached hydrogens (tertiary/aromatic N) is 2. The zero-order valence-corrected chi connectivity index (χ0v) is 10.2. The first kappa shape index (κ1) is 12.2. The van der Waals surface area contributed by atoms with Crippen molar-refractivity contribution in [1.29, 1.82) is 5.26 Å². The number of rotatable bonds is 3. The van der Waals surface area contributed by atoms with Crippen LogP contribution in [-0.2, 0) is 6.61 Å². The number of halogens is 1. The van der Waals surface area contributed by atoms with Crippen LogP contribution < -0.4 is 10.5 Å². The van der Waals surface area contributed by atoms with Gasteiger partial charge in [-0.15, -0.1) is 0 Å². The van der Waals surface area contributed by atoms with Crippen molar-refractivity contribution in [2.45, 2.75) is 6.61 Å². The number of aromatic nitrogens is 1. The molecule has 1 heterocycles. The Morgan fingerprint density at radius 1 is 1.39 bits per heavy atom. The van der Waals surface area contributed by atoms with Crippen LogP contribution in [0.5, 0.6) is 5.88 Å². The third-order valence-corrected chi connectivity index (χ3v) is 2.49. The van der Waals surface area contributed by atoms with E-state index in [9.17, 15) is 0 Å². The van der Waals surface area contributed by atoms with Gasteiger partial charge < -0.3 is 10.5 Å². The molecule has 2 aromatic rings. The van der Waals surface area contributed by atoms with E-state index in [1.165, 1.54) is 12.3 Å². The van der Waals surface area contributed by atoms with Crippen LogP contribution >= 0.6 is 11.6 Å². The molecule has 1 aromatic carbocycles. The Bertz CT molecular complexity index is 607. The van der Waals surface area contributed by atoms with Gasteiger partial charge >= 0.3 is 0 Å². The minimum atomic E-state index is 0.270. The third kappa shape index (κ3) is 2.90. The van der Waals surface area contributed by atoms with Crippen LogP contribution in [0.15, 0.2) is 36.5 Å². The summed E-state index contributed by atoms with van der Waals surface area (Å²) in [5.74, 6) is 0.270. The third-order valence-electron chi connectivity index (χ3n) is 2.26. The molecule has 2 N–H and O–H groups in total. The molecule has 2 rings (SSSR count). The van der Waals surface area contributed by atoms with Gasteiger partial charge in [0.15, 0.2) is 0 Å². The fourth-order valence-corrected chi connectivity index (χ4v) is 1.65. The van der Waals surface area contributed by atoms with E-state index < -0.39 is 0 Å². The summed E-state index contributed by atoms with van der Waals surface area (Å²) in [6.45, 7) is 0.298. The SMILES string of the molecule is N#Cc1cc(N)cnc1OCc1cccc(Cl)c1. The predicted molar refractivity (Wildman–Crippen MR) is 69.1 cm³/mol. The van der Waals surface area contributed by atoms with Crippen LogP contribution in [0.3, 0.4) is 0 Å². The minimum Gasteiger partial charge on any atom is -0.472 e. The smallest absolute Gasteiger partial charge is 0.232 e. The molecule has 1 aromatic heterocycles. The summed E-state index contributed by atoms with van der Waals surface area (Å²) in [7, 11) is 0. The molecule has 0 aliphatic heterocycles.